The Morgan fingerprint density at radius 1 is 0.833 bits per heavy atom. The minimum absolute atomic E-state index is 0.474. The molecule has 0 N–H and O–H groups in total. The summed E-state index contributed by atoms with van der Waals surface area (Å²) in [5.74, 6) is 6.09. The van der Waals surface area contributed by atoms with Crippen molar-refractivity contribution in [3.8, 4) is 23.0 Å². The van der Waals surface area contributed by atoms with E-state index in [2.05, 4.69) is 36.1 Å². The molecule has 2 aromatic rings. The van der Waals surface area contributed by atoms with Crippen LogP contribution in [0.4, 0.5) is 0 Å². The standard InChI is InChI=1S/C17H15Cl/c1-17(2,18)13-12-14-8-10-16(11-9-14)15-6-4-3-5-7-15/h3-11H,1-2H3. The second kappa shape index (κ2) is 5.29. The predicted octanol–water partition coefficient (Wildman–Crippen LogP) is 4.72. The van der Waals surface area contributed by atoms with E-state index in [1.54, 1.807) is 0 Å². The summed E-state index contributed by atoms with van der Waals surface area (Å²) in [6, 6.07) is 18.5. The van der Waals surface area contributed by atoms with Crippen LogP contribution in [0.2, 0.25) is 0 Å². The number of hydrogen-bond acceptors (Lipinski definition) is 0. The van der Waals surface area contributed by atoms with Gasteiger partial charge in [0.2, 0.25) is 0 Å². The Kier molecular flexibility index (Phi) is 3.75. The highest BCUT2D eigenvalue weighted by Crippen LogP contribution is 2.19. The Morgan fingerprint density at radius 3 is 1.94 bits per heavy atom. The Balaban J connectivity index is 2.23. The molecule has 0 saturated carbocycles. The van der Waals surface area contributed by atoms with Crippen LogP contribution in [0.15, 0.2) is 54.6 Å². The third kappa shape index (κ3) is 3.65. The van der Waals surface area contributed by atoms with E-state index in [1.165, 1.54) is 11.1 Å². The maximum Gasteiger partial charge on any atom is 0.0997 e. The van der Waals surface area contributed by atoms with E-state index in [0.717, 1.165) is 5.56 Å². The number of halogens is 1. The van der Waals surface area contributed by atoms with Crippen molar-refractivity contribution < 1.29 is 0 Å². The van der Waals surface area contributed by atoms with Crippen LogP contribution in [0, 0.1) is 11.8 Å². The first-order chi connectivity index (χ1) is 8.54. The quantitative estimate of drug-likeness (QED) is 0.510. The smallest absolute Gasteiger partial charge is 0.0997 e. The largest absolute Gasteiger partial charge is 0.106 e. The topological polar surface area (TPSA) is 0 Å². The fourth-order valence-electron chi connectivity index (χ4n) is 1.60. The van der Waals surface area contributed by atoms with Gasteiger partial charge < -0.3 is 0 Å². The lowest BCUT2D eigenvalue weighted by Gasteiger charge is -2.04. The molecule has 18 heavy (non-hydrogen) atoms. The average molecular weight is 255 g/mol. The maximum absolute atomic E-state index is 6.04. The van der Waals surface area contributed by atoms with Gasteiger partial charge in [-0.15, -0.1) is 11.6 Å². The van der Waals surface area contributed by atoms with Crippen LogP contribution in [-0.2, 0) is 0 Å². The summed E-state index contributed by atoms with van der Waals surface area (Å²) in [5.41, 5.74) is 3.41. The zero-order chi connectivity index (χ0) is 13.0. The fourth-order valence-corrected chi connectivity index (χ4v) is 1.64. The Bertz CT molecular complexity index is 563. The second-order valence-corrected chi connectivity index (χ2v) is 5.61. The van der Waals surface area contributed by atoms with Gasteiger partial charge in [-0.1, -0.05) is 54.3 Å². The third-order valence-corrected chi connectivity index (χ3v) is 2.59. The van der Waals surface area contributed by atoms with Crippen molar-refractivity contribution in [2.75, 3.05) is 0 Å². The molecule has 0 unspecified atom stereocenters. The van der Waals surface area contributed by atoms with Crippen molar-refractivity contribution >= 4 is 11.6 Å². The molecule has 0 nitrogen and oxygen atoms in total. The van der Waals surface area contributed by atoms with Crippen molar-refractivity contribution in [3.05, 3.63) is 60.2 Å². The summed E-state index contributed by atoms with van der Waals surface area (Å²) in [6.45, 7) is 3.78. The molecule has 1 heteroatoms. The van der Waals surface area contributed by atoms with Crippen LogP contribution >= 0.6 is 11.6 Å². The Hall–Kier alpha value is -1.71. The van der Waals surface area contributed by atoms with Crippen molar-refractivity contribution in [1.82, 2.24) is 0 Å². The number of hydrogen-bond donors (Lipinski definition) is 0. The van der Waals surface area contributed by atoms with Gasteiger partial charge in [0.1, 0.15) is 0 Å². The van der Waals surface area contributed by atoms with Gasteiger partial charge in [0.25, 0.3) is 0 Å². The Morgan fingerprint density at radius 2 is 1.39 bits per heavy atom. The van der Waals surface area contributed by atoms with Crippen molar-refractivity contribution in [1.29, 1.82) is 0 Å². The second-order valence-electron chi connectivity index (χ2n) is 4.67. The first-order valence-electron chi connectivity index (χ1n) is 5.92. The highest BCUT2D eigenvalue weighted by atomic mass is 35.5. The van der Waals surface area contributed by atoms with Gasteiger partial charge in [0.05, 0.1) is 4.87 Å². The fraction of sp³-hybridized carbons (Fsp3) is 0.176. The summed E-state index contributed by atoms with van der Waals surface area (Å²) < 4.78 is 0. The van der Waals surface area contributed by atoms with Gasteiger partial charge in [-0.25, -0.2) is 0 Å². The molecular weight excluding hydrogens is 240 g/mol. The minimum Gasteiger partial charge on any atom is -0.106 e. The van der Waals surface area contributed by atoms with Gasteiger partial charge in [-0.3, -0.25) is 0 Å². The average Bonchev–Trinajstić information content (AvgIpc) is 2.37. The number of benzene rings is 2. The molecule has 0 amide bonds. The molecule has 0 saturated heterocycles. The molecule has 0 aromatic heterocycles. The SMILES string of the molecule is CC(C)(Cl)C#Cc1ccc(-c2ccccc2)cc1. The van der Waals surface area contributed by atoms with Gasteiger partial charge in [0, 0.05) is 5.56 Å². The molecule has 0 atom stereocenters. The van der Waals surface area contributed by atoms with Crippen molar-refractivity contribution in [2.45, 2.75) is 18.7 Å². The number of alkyl halides is 1. The molecule has 2 aromatic carbocycles. The highest BCUT2D eigenvalue weighted by molar-refractivity contribution is 6.25. The molecule has 2 rings (SSSR count). The van der Waals surface area contributed by atoms with Crippen molar-refractivity contribution in [3.63, 3.8) is 0 Å². The zero-order valence-electron chi connectivity index (χ0n) is 10.6. The van der Waals surface area contributed by atoms with Gasteiger partial charge >= 0.3 is 0 Å². The third-order valence-electron chi connectivity index (χ3n) is 2.50. The summed E-state index contributed by atoms with van der Waals surface area (Å²) in [5, 5.41) is 0. The van der Waals surface area contributed by atoms with E-state index in [4.69, 9.17) is 11.6 Å². The van der Waals surface area contributed by atoms with Crippen LogP contribution in [-0.4, -0.2) is 4.87 Å². The molecule has 0 bridgehead atoms. The maximum atomic E-state index is 6.04. The summed E-state index contributed by atoms with van der Waals surface area (Å²) in [7, 11) is 0. The van der Waals surface area contributed by atoms with E-state index in [0.29, 0.717) is 0 Å². The lowest BCUT2D eigenvalue weighted by molar-refractivity contribution is 0.917. The Labute approximate surface area is 114 Å². The lowest BCUT2D eigenvalue weighted by atomic mass is 10.0. The molecule has 0 heterocycles. The van der Waals surface area contributed by atoms with Gasteiger partial charge in [-0.05, 0) is 37.1 Å². The molecular formula is C17H15Cl. The van der Waals surface area contributed by atoms with Crippen molar-refractivity contribution in [2.24, 2.45) is 0 Å². The molecule has 0 aliphatic carbocycles. The van der Waals surface area contributed by atoms with Crippen LogP contribution < -0.4 is 0 Å². The molecule has 90 valence electrons. The van der Waals surface area contributed by atoms with E-state index >= 15 is 0 Å². The zero-order valence-corrected chi connectivity index (χ0v) is 11.3. The minimum atomic E-state index is -0.474. The van der Waals surface area contributed by atoms with E-state index < -0.39 is 4.87 Å². The van der Waals surface area contributed by atoms with E-state index in [1.807, 2.05) is 44.2 Å². The lowest BCUT2D eigenvalue weighted by Crippen LogP contribution is -2.04. The molecule has 0 aliphatic heterocycles. The highest BCUT2D eigenvalue weighted by Gasteiger charge is 2.06. The summed E-state index contributed by atoms with van der Waals surface area (Å²) in [6.07, 6.45) is 0. The molecule has 0 radical (unpaired) electrons. The van der Waals surface area contributed by atoms with Crippen LogP contribution in [0.5, 0.6) is 0 Å². The van der Waals surface area contributed by atoms with Gasteiger partial charge in [0.15, 0.2) is 0 Å². The van der Waals surface area contributed by atoms with Crippen LogP contribution in [0.1, 0.15) is 19.4 Å². The van der Waals surface area contributed by atoms with Crippen LogP contribution in [0.25, 0.3) is 11.1 Å². The van der Waals surface area contributed by atoms with Gasteiger partial charge in [-0.2, -0.15) is 0 Å². The van der Waals surface area contributed by atoms with E-state index in [9.17, 15) is 0 Å². The molecule has 0 aliphatic rings. The number of rotatable bonds is 1. The monoisotopic (exact) mass is 254 g/mol. The molecule has 0 spiro atoms. The first-order valence-corrected chi connectivity index (χ1v) is 6.30. The molecule has 0 fully saturated rings. The summed E-state index contributed by atoms with van der Waals surface area (Å²) in [4.78, 5) is -0.474. The summed E-state index contributed by atoms with van der Waals surface area (Å²) >= 11 is 6.04. The van der Waals surface area contributed by atoms with E-state index in [-0.39, 0.29) is 0 Å². The predicted molar refractivity (Wildman–Crippen MR) is 78.7 cm³/mol. The first kappa shape index (κ1) is 12.7. The van der Waals surface area contributed by atoms with Crippen LogP contribution in [0.3, 0.4) is 0 Å². The normalized spacial score (nSPS) is 10.6.